The second kappa shape index (κ2) is 8.01. The molecule has 24 heavy (non-hydrogen) atoms. The van der Waals surface area contributed by atoms with Crippen molar-refractivity contribution < 1.29 is 23.8 Å². The van der Waals surface area contributed by atoms with Crippen LogP contribution in [-0.2, 0) is 4.79 Å². The molecule has 0 saturated carbocycles. The first-order chi connectivity index (χ1) is 11.5. The van der Waals surface area contributed by atoms with Crippen molar-refractivity contribution >= 4 is 17.4 Å². The number of carbonyl (C=O) groups is 2. The summed E-state index contributed by atoms with van der Waals surface area (Å²) in [7, 11) is 3.09. The molecule has 2 aromatic rings. The molecular formula is C18H19NO5. The molecule has 0 fully saturated rings. The first-order valence-electron chi connectivity index (χ1n) is 7.29. The molecule has 0 aliphatic rings. The molecule has 0 unspecified atom stereocenters. The lowest BCUT2D eigenvalue weighted by Crippen LogP contribution is -2.20. The van der Waals surface area contributed by atoms with Gasteiger partial charge in [-0.3, -0.25) is 9.59 Å². The molecule has 0 bridgehead atoms. The molecule has 1 N–H and O–H groups in total. The smallest absolute Gasteiger partial charge is 0.262 e. The largest absolute Gasteiger partial charge is 0.497 e. The van der Waals surface area contributed by atoms with Crippen LogP contribution in [0.3, 0.4) is 0 Å². The van der Waals surface area contributed by atoms with Gasteiger partial charge in [0.05, 0.1) is 19.8 Å². The van der Waals surface area contributed by atoms with Crippen LogP contribution in [0.4, 0.5) is 5.69 Å². The Kier molecular flexibility index (Phi) is 5.78. The van der Waals surface area contributed by atoms with Crippen LogP contribution in [0, 0.1) is 0 Å². The molecule has 0 heterocycles. The average molecular weight is 329 g/mol. The number of anilines is 1. The third kappa shape index (κ3) is 4.49. The van der Waals surface area contributed by atoms with E-state index in [1.165, 1.54) is 14.0 Å². The Morgan fingerprint density at radius 1 is 0.958 bits per heavy atom. The van der Waals surface area contributed by atoms with Gasteiger partial charge in [0.25, 0.3) is 5.91 Å². The number of benzene rings is 2. The van der Waals surface area contributed by atoms with Crippen molar-refractivity contribution in [1.29, 1.82) is 0 Å². The first kappa shape index (κ1) is 17.3. The van der Waals surface area contributed by atoms with E-state index < -0.39 is 0 Å². The molecule has 6 nitrogen and oxygen atoms in total. The van der Waals surface area contributed by atoms with Gasteiger partial charge < -0.3 is 19.5 Å². The van der Waals surface area contributed by atoms with Gasteiger partial charge in [-0.25, -0.2) is 0 Å². The van der Waals surface area contributed by atoms with E-state index in [4.69, 9.17) is 14.2 Å². The first-order valence-corrected chi connectivity index (χ1v) is 7.29. The summed E-state index contributed by atoms with van der Waals surface area (Å²) in [4.78, 5) is 23.6. The highest BCUT2D eigenvalue weighted by Crippen LogP contribution is 2.25. The van der Waals surface area contributed by atoms with Crippen molar-refractivity contribution in [3.05, 3.63) is 48.0 Å². The number of amides is 1. The fourth-order valence-corrected chi connectivity index (χ4v) is 2.05. The zero-order valence-corrected chi connectivity index (χ0v) is 13.8. The van der Waals surface area contributed by atoms with Crippen LogP contribution in [0.1, 0.15) is 17.3 Å². The van der Waals surface area contributed by atoms with E-state index in [1.807, 2.05) is 0 Å². The minimum absolute atomic E-state index is 0.150. The zero-order chi connectivity index (χ0) is 17.5. The molecule has 0 spiro atoms. The predicted octanol–water partition coefficient (Wildman–Crippen LogP) is 2.92. The van der Waals surface area contributed by atoms with Gasteiger partial charge in [0.15, 0.2) is 12.4 Å². The van der Waals surface area contributed by atoms with Crippen LogP contribution in [0.2, 0.25) is 0 Å². The van der Waals surface area contributed by atoms with Gasteiger partial charge in [0, 0.05) is 11.8 Å². The van der Waals surface area contributed by atoms with Crippen LogP contribution in [-0.4, -0.2) is 32.5 Å². The SMILES string of the molecule is COc1ccc(NC(=O)COc2cc(OC)ccc2C(C)=O)cc1. The molecule has 2 aromatic carbocycles. The zero-order valence-electron chi connectivity index (χ0n) is 13.8. The molecule has 2 rings (SSSR count). The van der Waals surface area contributed by atoms with Crippen LogP contribution in [0.5, 0.6) is 17.2 Å². The van der Waals surface area contributed by atoms with Crippen molar-refractivity contribution in [2.24, 2.45) is 0 Å². The van der Waals surface area contributed by atoms with Gasteiger partial charge >= 0.3 is 0 Å². The predicted molar refractivity (Wildman–Crippen MR) is 90.1 cm³/mol. The minimum atomic E-state index is -0.336. The summed E-state index contributed by atoms with van der Waals surface area (Å²) < 4.78 is 15.6. The number of nitrogens with one attached hydrogen (secondary N) is 1. The maximum Gasteiger partial charge on any atom is 0.262 e. The van der Waals surface area contributed by atoms with Crippen molar-refractivity contribution in [3.8, 4) is 17.2 Å². The lowest BCUT2D eigenvalue weighted by Gasteiger charge is -2.12. The van der Waals surface area contributed by atoms with E-state index in [0.717, 1.165) is 0 Å². The Hall–Kier alpha value is -3.02. The van der Waals surface area contributed by atoms with E-state index in [0.29, 0.717) is 28.5 Å². The normalized spacial score (nSPS) is 9.96. The molecule has 0 radical (unpaired) electrons. The van der Waals surface area contributed by atoms with Crippen LogP contribution >= 0.6 is 0 Å². The topological polar surface area (TPSA) is 73.9 Å². The molecule has 0 saturated heterocycles. The molecule has 0 aromatic heterocycles. The molecular weight excluding hydrogens is 310 g/mol. The highest BCUT2D eigenvalue weighted by Gasteiger charge is 2.12. The third-order valence-electron chi connectivity index (χ3n) is 3.30. The Morgan fingerprint density at radius 3 is 2.17 bits per heavy atom. The fraction of sp³-hybridized carbons (Fsp3) is 0.222. The maximum absolute atomic E-state index is 12.0. The van der Waals surface area contributed by atoms with Gasteiger partial charge in [-0.1, -0.05) is 0 Å². The molecule has 0 aliphatic carbocycles. The quantitative estimate of drug-likeness (QED) is 0.791. The van der Waals surface area contributed by atoms with Crippen LogP contribution in [0.15, 0.2) is 42.5 Å². The van der Waals surface area contributed by atoms with Gasteiger partial charge in [0.1, 0.15) is 17.2 Å². The van der Waals surface area contributed by atoms with Gasteiger partial charge in [-0.15, -0.1) is 0 Å². The van der Waals surface area contributed by atoms with Crippen LogP contribution in [0.25, 0.3) is 0 Å². The highest BCUT2D eigenvalue weighted by molar-refractivity contribution is 5.97. The van der Waals surface area contributed by atoms with Crippen LogP contribution < -0.4 is 19.5 Å². The Balaban J connectivity index is 2.01. The second-order valence-corrected chi connectivity index (χ2v) is 4.98. The molecule has 1 amide bonds. The summed E-state index contributed by atoms with van der Waals surface area (Å²) in [6.45, 7) is 1.21. The summed E-state index contributed by atoms with van der Waals surface area (Å²) in [5, 5.41) is 2.71. The van der Waals surface area contributed by atoms with Crippen molar-refractivity contribution in [2.45, 2.75) is 6.92 Å². The van der Waals surface area contributed by atoms with E-state index in [9.17, 15) is 9.59 Å². The van der Waals surface area contributed by atoms with Crippen molar-refractivity contribution in [1.82, 2.24) is 0 Å². The summed E-state index contributed by atoms with van der Waals surface area (Å²) in [5.41, 5.74) is 1.02. The minimum Gasteiger partial charge on any atom is -0.497 e. The number of ether oxygens (including phenoxy) is 3. The number of Topliss-reactive ketones (excluding diaryl/α,β-unsaturated/α-hetero) is 1. The van der Waals surface area contributed by atoms with Gasteiger partial charge in [-0.05, 0) is 43.3 Å². The number of ketones is 1. The van der Waals surface area contributed by atoms with Gasteiger partial charge in [-0.2, -0.15) is 0 Å². The molecule has 0 aliphatic heterocycles. The number of hydrogen-bond donors (Lipinski definition) is 1. The number of carbonyl (C=O) groups excluding carboxylic acids is 2. The second-order valence-electron chi connectivity index (χ2n) is 4.98. The van der Waals surface area contributed by atoms with Crippen molar-refractivity contribution in [3.63, 3.8) is 0 Å². The van der Waals surface area contributed by atoms with E-state index in [1.54, 1.807) is 49.6 Å². The average Bonchev–Trinajstić information content (AvgIpc) is 2.60. The lowest BCUT2D eigenvalue weighted by atomic mass is 10.1. The molecule has 126 valence electrons. The number of rotatable bonds is 7. The highest BCUT2D eigenvalue weighted by atomic mass is 16.5. The fourth-order valence-electron chi connectivity index (χ4n) is 2.05. The number of methoxy groups -OCH3 is 2. The standard InChI is InChI=1S/C18H19NO5/c1-12(20)16-9-8-15(23-3)10-17(16)24-11-18(21)19-13-4-6-14(22-2)7-5-13/h4-10H,11H2,1-3H3,(H,19,21). The Morgan fingerprint density at radius 2 is 1.58 bits per heavy atom. The monoisotopic (exact) mass is 329 g/mol. The molecule has 0 atom stereocenters. The third-order valence-corrected chi connectivity index (χ3v) is 3.30. The maximum atomic E-state index is 12.0. The van der Waals surface area contributed by atoms with Gasteiger partial charge in [0.2, 0.25) is 0 Å². The van der Waals surface area contributed by atoms with Crippen molar-refractivity contribution in [2.75, 3.05) is 26.1 Å². The van der Waals surface area contributed by atoms with E-state index in [-0.39, 0.29) is 18.3 Å². The summed E-state index contributed by atoms with van der Waals surface area (Å²) in [6, 6.07) is 11.8. The van der Waals surface area contributed by atoms with E-state index in [2.05, 4.69) is 5.32 Å². The summed E-state index contributed by atoms with van der Waals surface area (Å²) >= 11 is 0. The summed E-state index contributed by atoms with van der Waals surface area (Å²) in [5.74, 6) is 1.07. The lowest BCUT2D eigenvalue weighted by molar-refractivity contribution is -0.118. The summed E-state index contributed by atoms with van der Waals surface area (Å²) in [6.07, 6.45) is 0. The van der Waals surface area contributed by atoms with E-state index >= 15 is 0 Å². The number of hydrogen-bond acceptors (Lipinski definition) is 5. The molecule has 6 heteroatoms. The Bertz CT molecular complexity index is 725. The Labute approximate surface area is 140 Å².